The minimum atomic E-state index is 0.0317. The van der Waals surface area contributed by atoms with E-state index in [4.69, 9.17) is 10.5 Å². The Balaban J connectivity index is 1.32. The highest BCUT2D eigenvalue weighted by molar-refractivity contribution is 9.10. The Labute approximate surface area is 218 Å². The summed E-state index contributed by atoms with van der Waals surface area (Å²) in [5.41, 5.74) is 9.55. The molecule has 3 heterocycles. The van der Waals surface area contributed by atoms with E-state index in [1.807, 2.05) is 41.3 Å². The minimum Gasteiger partial charge on any atom is -0.462 e. The van der Waals surface area contributed by atoms with Gasteiger partial charge in [-0.05, 0) is 76.9 Å². The summed E-state index contributed by atoms with van der Waals surface area (Å²) in [6.45, 7) is 5.24. The number of aromatic nitrogens is 3. The molecule has 1 aromatic carbocycles. The standard InChI is InChI=1S/C28H28BrN5O2/c1-2-23(35)33-14-18-12-20(13-19(18)15-33)34-26(29)24(25-27(30)31-16-32-28(25)34)17-8-10-22(11-9-17)36-21-6-4-3-5-7-21/h2-8,10,16,18-20H,1,9,11-15H2,(H2,30,31,32). The third-order valence-corrected chi connectivity index (χ3v) is 8.53. The van der Waals surface area contributed by atoms with Crippen molar-refractivity contribution >= 4 is 44.3 Å². The average Bonchev–Trinajstić information content (AvgIpc) is 3.55. The van der Waals surface area contributed by atoms with Gasteiger partial charge in [-0.1, -0.05) is 30.9 Å². The fraction of sp³-hybridized carbons (Fsp3) is 0.321. The SMILES string of the molecule is C=CC(=O)N1CC2CC(n3c(Br)c(C4=CC=C(Oc5ccccc5)CC4)c4c(N)ncnc43)CC2C1. The first-order valence-corrected chi connectivity index (χ1v) is 13.2. The van der Waals surface area contributed by atoms with E-state index >= 15 is 0 Å². The van der Waals surface area contributed by atoms with Crippen molar-refractivity contribution in [1.82, 2.24) is 19.4 Å². The Hall–Kier alpha value is -3.39. The van der Waals surface area contributed by atoms with Gasteiger partial charge in [-0.2, -0.15) is 0 Å². The fourth-order valence-corrected chi connectivity index (χ4v) is 7.00. The largest absolute Gasteiger partial charge is 0.462 e. The molecule has 2 N–H and O–H groups in total. The molecular weight excluding hydrogens is 518 g/mol. The third kappa shape index (κ3) is 3.93. The van der Waals surface area contributed by atoms with Crippen LogP contribution in [0.5, 0.6) is 5.75 Å². The number of halogens is 1. The number of allylic oxidation sites excluding steroid dienone is 4. The second-order valence-electron chi connectivity index (χ2n) is 9.83. The number of nitrogens with zero attached hydrogens (tertiary/aromatic N) is 4. The summed E-state index contributed by atoms with van der Waals surface area (Å²) in [4.78, 5) is 23.0. The van der Waals surface area contributed by atoms with Crippen molar-refractivity contribution in [3.05, 3.63) is 77.4 Å². The molecule has 2 unspecified atom stereocenters. The fourth-order valence-electron chi connectivity index (χ4n) is 6.09. The number of para-hydroxylation sites is 1. The van der Waals surface area contributed by atoms with Crippen molar-refractivity contribution in [1.29, 1.82) is 0 Å². The monoisotopic (exact) mass is 545 g/mol. The van der Waals surface area contributed by atoms with Gasteiger partial charge in [0, 0.05) is 31.1 Å². The highest BCUT2D eigenvalue weighted by Crippen LogP contribution is 2.49. The van der Waals surface area contributed by atoms with Crippen LogP contribution in [0.15, 0.2) is 71.8 Å². The highest BCUT2D eigenvalue weighted by atomic mass is 79.9. The summed E-state index contributed by atoms with van der Waals surface area (Å²) in [6, 6.07) is 10.1. The van der Waals surface area contributed by atoms with Crippen LogP contribution in [-0.2, 0) is 4.79 Å². The molecular formula is C28H28BrN5O2. The number of hydrogen-bond donors (Lipinski definition) is 1. The lowest BCUT2D eigenvalue weighted by Gasteiger charge is -2.20. The molecule has 2 atom stereocenters. The molecule has 6 rings (SSSR count). The lowest BCUT2D eigenvalue weighted by Crippen LogP contribution is -2.28. The number of rotatable bonds is 5. The molecule has 2 fully saturated rings. The number of nitrogen functional groups attached to an aromatic ring is 1. The number of carbonyl (C=O) groups is 1. The molecule has 36 heavy (non-hydrogen) atoms. The molecule has 3 aliphatic rings. The summed E-state index contributed by atoms with van der Waals surface area (Å²) < 4.78 is 9.37. The van der Waals surface area contributed by atoms with Crippen LogP contribution in [0.2, 0.25) is 0 Å². The van der Waals surface area contributed by atoms with Gasteiger partial charge in [0.05, 0.1) is 9.99 Å². The number of carbonyl (C=O) groups excluding carboxylic acids is 1. The van der Waals surface area contributed by atoms with Crippen LogP contribution in [0.1, 0.15) is 37.3 Å². The number of benzene rings is 1. The zero-order valence-corrected chi connectivity index (χ0v) is 21.5. The quantitative estimate of drug-likeness (QED) is 0.427. The zero-order valence-electron chi connectivity index (χ0n) is 19.9. The van der Waals surface area contributed by atoms with Gasteiger partial charge in [0.1, 0.15) is 29.3 Å². The minimum absolute atomic E-state index is 0.0317. The smallest absolute Gasteiger partial charge is 0.245 e. The first-order chi connectivity index (χ1) is 17.5. The lowest BCUT2D eigenvalue weighted by molar-refractivity contribution is -0.125. The van der Waals surface area contributed by atoms with Gasteiger partial charge in [0.15, 0.2) is 0 Å². The van der Waals surface area contributed by atoms with Gasteiger partial charge in [0.2, 0.25) is 5.91 Å². The maximum Gasteiger partial charge on any atom is 0.245 e. The summed E-state index contributed by atoms with van der Waals surface area (Å²) >= 11 is 3.94. The van der Waals surface area contributed by atoms with E-state index < -0.39 is 0 Å². The predicted octanol–water partition coefficient (Wildman–Crippen LogP) is 5.51. The topological polar surface area (TPSA) is 86.3 Å². The molecule has 0 spiro atoms. The number of nitrogens with two attached hydrogens (primary N) is 1. The van der Waals surface area contributed by atoms with Crippen molar-refractivity contribution in [3.8, 4) is 5.75 Å². The van der Waals surface area contributed by atoms with Crippen molar-refractivity contribution in [2.75, 3.05) is 18.8 Å². The Morgan fingerprint density at radius 1 is 1.11 bits per heavy atom. The number of likely N-dealkylation sites (tertiary alicyclic amines) is 1. The molecule has 1 aliphatic heterocycles. The molecule has 7 nitrogen and oxygen atoms in total. The Morgan fingerprint density at radius 2 is 1.86 bits per heavy atom. The summed E-state index contributed by atoms with van der Waals surface area (Å²) in [7, 11) is 0. The Bertz CT molecular complexity index is 1400. The number of anilines is 1. The highest BCUT2D eigenvalue weighted by Gasteiger charge is 2.43. The molecule has 2 aliphatic carbocycles. The van der Waals surface area contributed by atoms with Gasteiger partial charge in [-0.25, -0.2) is 9.97 Å². The maximum atomic E-state index is 12.1. The maximum absolute atomic E-state index is 12.1. The number of hydrogen-bond acceptors (Lipinski definition) is 5. The van der Waals surface area contributed by atoms with E-state index in [0.29, 0.717) is 17.7 Å². The average molecular weight is 546 g/mol. The second-order valence-corrected chi connectivity index (χ2v) is 10.6. The first-order valence-electron chi connectivity index (χ1n) is 12.4. The molecule has 1 amide bonds. The molecule has 8 heteroatoms. The second kappa shape index (κ2) is 9.24. The van der Waals surface area contributed by atoms with E-state index in [1.165, 1.54) is 11.6 Å². The van der Waals surface area contributed by atoms with Crippen LogP contribution in [-0.4, -0.2) is 38.4 Å². The molecule has 1 saturated heterocycles. The van der Waals surface area contributed by atoms with E-state index in [2.05, 4.69) is 43.1 Å². The van der Waals surface area contributed by atoms with Gasteiger partial charge < -0.3 is 19.9 Å². The van der Waals surface area contributed by atoms with Crippen LogP contribution >= 0.6 is 15.9 Å². The normalized spacial score (nSPS) is 23.4. The van der Waals surface area contributed by atoms with Gasteiger partial charge in [-0.15, -0.1) is 0 Å². The lowest BCUT2D eigenvalue weighted by atomic mass is 9.96. The van der Waals surface area contributed by atoms with Gasteiger partial charge >= 0.3 is 0 Å². The Morgan fingerprint density at radius 3 is 2.53 bits per heavy atom. The summed E-state index contributed by atoms with van der Waals surface area (Å²) in [6.07, 6.45) is 10.8. The number of fused-ring (bicyclic) bond motifs is 2. The summed E-state index contributed by atoms with van der Waals surface area (Å²) in [5, 5.41) is 0.900. The van der Waals surface area contributed by atoms with E-state index in [0.717, 1.165) is 71.5 Å². The van der Waals surface area contributed by atoms with Crippen molar-refractivity contribution in [2.24, 2.45) is 11.8 Å². The van der Waals surface area contributed by atoms with E-state index in [1.54, 1.807) is 6.33 Å². The van der Waals surface area contributed by atoms with Crippen LogP contribution in [0.4, 0.5) is 5.82 Å². The van der Waals surface area contributed by atoms with E-state index in [9.17, 15) is 4.79 Å². The van der Waals surface area contributed by atoms with Crippen molar-refractivity contribution in [2.45, 2.75) is 31.7 Å². The molecule has 184 valence electrons. The number of ether oxygens (including phenoxy) is 1. The molecule has 0 bridgehead atoms. The number of amides is 1. The summed E-state index contributed by atoms with van der Waals surface area (Å²) in [5.74, 6) is 3.28. The molecule has 0 radical (unpaired) electrons. The van der Waals surface area contributed by atoms with Crippen LogP contribution in [0.25, 0.3) is 16.6 Å². The van der Waals surface area contributed by atoms with Gasteiger partial charge in [-0.3, -0.25) is 4.79 Å². The van der Waals surface area contributed by atoms with Crippen LogP contribution < -0.4 is 10.5 Å². The van der Waals surface area contributed by atoms with Crippen molar-refractivity contribution in [3.63, 3.8) is 0 Å². The van der Waals surface area contributed by atoms with Crippen LogP contribution in [0, 0.1) is 11.8 Å². The molecule has 3 aromatic rings. The van der Waals surface area contributed by atoms with Crippen LogP contribution in [0.3, 0.4) is 0 Å². The molecule has 2 aromatic heterocycles. The molecule has 1 saturated carbocycles. The first kappa shape index (κ1) is 23.0. The van der Waals surface area contributed by atoms with Crippen molar-refractivity contribution < 1.29 is 9.53 Å². The predicted molar refractivity (Wildman–Crippen MR) is 144 cm³/mol. The Kier molecular flexibility index (Phi) is 5.91. The van der Waals surface area contributed by atoms with E-state index in [-0.39, 0.29) is 11.9 Å². The zero-order chi connectivity index (χ0) is 24.8. The third-order valence-electron chi connectivity index (χ3n) is 7.75. The van der Waals surface area contributed by atoms with Gasteiger partial charge in [0.25, 0.3) is 0 Å².